The Morgan fingerprint density at radius 2 is 1.90 bits per heavy atom. The van der Waals surface area contributed by atoms with Gasteiger partial charge >= 0.3 is 6.36 Å². The highest BCUT2D eigenvalue weighted by molar-refractivity contribution is 6.03. The third-order valence-electron chi connectivity index (χ3n) is 2.00. The average Bonchev–Trinajstić information content (AvgIpc) is 2.39. The molecule has 0 aliphatic carbocycles. The van der Waals surface area contributed by atoms with E-state index in [2.05, 4.69) is 9.73 Å². The summed E-state index contributed by atoms with van der Waals surface area (Å²) in [6.07, 6.45) is -3.57. The lowest BCUT2D eigenvalue weighted by Crippen LogP contribution is -2.17. The van der Waals surface area contributed by atoms with Crippen molar-refractivity contribution in [3.8, 4) is 17.9 Å². The number of benzene rings is 1. The largest absolute Gasteiger partial charge is 0.573 e. The number of alkyl halides is 3. The molecule has 5 nitrogen and oxygen atoms in total. The monoisotopic (exact) mass is 280 g/mol. The Morgan fingerprint density at radius 1 is 1.30 bits per heavy atom. The summed E-state index contributed by atoms with van der Waals surface area (Å²) in [5.41, 5.74) is -0.105. The molecule has 0 fully saturated rings. The first-order valence-electron chi connectivity index (χ1n) is 5.13. The van der Waals surface area contributed by atoms with Crippen LogP contribution < -0.4 is 4.74 Å². The van der Waals surface area contributed by atoms with Crippen LogP contribution in [0.5, 0.6) is 5.75 Å². The Kier molecular flexibility index (Phi) is 4.82. The summed E-state index contributed by atoms with van der Waals surface area (Å²) in [5.74, 6) is -0.378. The van der Waals surface area contributed by atoms with Crippen LogP contribution >= 0.6 is 0 Å². The topological polar surface area (TPSA) is 93.0 Å². The number of nitrogens with one attached hydrogen (secondary N) is 1. The third kappa shape index (κ3) is 4.78. The number of hydrogen-bond acceptors (Lipinski definition) is 5. The zero-order chi connectivity index (χ0) is 15.2. The SMILES string of the molecule is N#CC(=N)C(C#N)N=Cc1ccc(OC(F)(F)F)cc1. The van der Waals surface area contributed by atoms with Crippen LogP contribution in [0.4, 0.5) is 13.2 Å². The molecule has 0 aliphatic rings. The van der Waals surface area contributed by atoms with Crippen molar-refractivity contribution in [1.29, 1.82) is 15.9 Å². The fourth-order valence-corrected chi connectivity index (χ4v) is 1.15. The lowest BCUT2D eigenvalue weighted by Gasteiger charge is -2.08. The van der Waals surface area contributed by atoms with E-state index >= 15 is 0 Å². The van der Waals surface area contributed by atoms with E-state index in [1.54, 1.807) is 6.07 Å². The zero-order valence-electron chi connectivity index (χ0n) is 9.85. The van der Waals surface area contributed by atoms with Crippen molar-refractivity contribution in [2.75, 3.05) is 0 Å². The molecule has 0 bridgehead atoms. The first-order chi connectivity index (χ1) is 9.35. The number of rotatable bonds is 4. The second-order valence-corrected chi connectivity index (χ2v) is 3.45. The highest BCUT2D eigenvalue weighted by atomic mass is 19.4. The number of nitrogens with zero attached hydrogens (tertiary/aromatic N) is 3. The van der Waals surface area contributed by atoms with Crippen LogP contribution in [-0.2, 0) is 0 Å². The molecule has 0 saturated heterocycles. The number of hydrogen-bond donors (Lipinski definition) is 1. The Hall–Kier alpha value is -2.87. The van der Waals surface area contributed by atoms with E-state index in [0.29, 0.717) is 5.56 Å². The van der Waals surface area contributed by atoms with Crippen molar-refractivity contribution < 1.29 is 17.9 Å². The predicted molar refractivity (Wildman–Crippen MR) is 63.5 cm³/mol. The van der Waals surface area contributed by atoms with Gasteiger partial charge in [-0.3, -0.25) is 10.4 Å². The molecule has 8 heteroatoms. The molecule has 0 saturated carbocycles. The smallest absolute Gasteiger partial charge is 0.406 e. The quantitative estimate of drug-likeness (QED) is 0.858. The third-order valence-corrected chi connectivity index (χ3v) is 2.00. The van der Waals surface area contributed by atoms with Gasteiger partial charge in [0, 0.05) is 6.21 Å². The summed E-state index contributed by atoms with van der Waals surface area (Å²) in [7, 11) is 0. The van der Waals surface area contributed by atoms with E-state index in [4.69, 9.17) is 15.9 Å². The van der Waals surface area contributed by atoms with Gasteiger partial charge in [0.2, 0.25) is 0 Å². The Labute approximate surface area is 112 Å². The standard InChI is InChI=1S/C12H7F3N4O/c13-12(14,15)20-9-3-1-8(2-4-9)7-19-11(6-17)10(18)5-16/h1-4,7,11,18H. The van der Waals surface area contributed by atoms with E-state index in [-0.39, 0.29) is 5.75 Å². The van der Waals surface area contributed by atoms with E-state index < -0.39 is 18.1 Å². The maximum atomic E-state index is 11.9. The molecule has 0 spiro atoms. The maximum Gasteiger partial charge on any atom is 0.573 e. The number of ether oxygens (including phenoxy) is 1. The predicted octanol–water partition coefficient (Wildman–Crippen LogP) is 2.44. The van der Waals surface area contributed by atoms with Crippen LogP contribution in [0.2, 0.25) is 0 Å². The van der Waals surface area contributed by atoms with Crippen molar-refractivity contribution in [1.82, 2.24) is 0 Å². The molecule has 0 radical (unpaired) electrons. The lowest BCUT2D eigenvalue weighted by atomic mass is 10.2. The van der Waals surface area contributed by atoms with E-state index in [9.17, 15) is 13.2 Å². The first-order valence-corrected chi connectivity index (χ1v) is 5.13. The highest BCUT2D eigenvalue weighted by Gasteiger charge is 2.30. The zero-order valence-corrected chi connectivity index (χ0v) is 9.85. The maximum absolute atomic E-state index is 11.9. The summed E-state index contributed by atoms with van der Waals surface area (Å²) in [5, 5.41) is 24.3. The fraction of sp³-hybridized carbons (Fsp3) is 0.167. The normalized spacial score (nSPS) is 12.4. The molecule has 1 unspecified atom stereocenters. The molecular formula is C12H7F3N4O. The molecule has 1 rings (SSSR count). The Bertz CT molecular complexity index is 593. The minimum atomic E-state index is -4.76. The molecule has 0 heterocycles. The minimum Gasteiger partial charge on any atom is -0.406 e. The van der Waals surface area contributed by atoms with Gasteiger partial charge in [-0.15, -0.1) is 13.2 Å². The van der Waals surface area contributed by atoms with E-state index in [1.807, 2.05) is 0 Å². The summed E-state index contributed by atoms with van der Waals surface area (Å²) < 4.78 is 39.5. The second kappa shape index (κ2) is 6.34. The molecule has 0 aliphatic heterocycles. The number of aliphatic imine (C=N–C) groups is 1. The van der Waals surface area contributed by atoms with Crippen LogP contribution in [0.25, 0.3) is 0 Å². The van der Waals surface area contributed by atoms with Gasteiger partial charge < -0.3 is 4.74 Å². The summed E-state index contributed by atoms with van der Waals surface area (Å²) in [6.45, 7) is 0. The van der Waals surface area contributed by atoms with Crippen LogP contribution in [0.3, 0.4) is 0 Å². The molecule has 102 valence electrons. The van der Waals surface area contributed by atoms with Crippen LogP contribution in [0.15, 0.2) is 29.3 Å². The van der Waals surface area contributed by atoms with Gasteiger partial charge in [-0.25, -0.2) is 0 Å². The molecule has 0 aromatic heterocycles. The van der Waals surface area contributed by atoms with Gasteiger partial charge in [-0.2, -0.15) is 10.5 Å². The molecule has 1 N–H and O–H groups in total. The lowest BCUT2D eigenvalue weighted by molar-refractivity contribution is -0.274. The highest BCUT2D eigenvalue weighted by Crippen LogP contribution is 2.22. The second-order valence-electron chi connectivity index (χ2n) is 3.45. The van der Waals surface area contributed by atoms with Gasteiger partial charge in [0.25, 0.3) is 0 Å². The Morgan fingerprint density at radius 3 is 2.35 bits per heavy atom. The minimum absolute atomic E-state index is 0.378. The van der Waals surface area contributed by atoms with Crippen LogP contribution in [0.1, 0.15) is 5.56 Å². The summed E-state index contributed by atoms with van der Waals surface area (Å²) in [4.78, 5) is 3.69. The van der Waals surface area contributed by atoms with Crippen molar-refractivity contribution in [2.45, 2.75) is 12.4 Å². The van der Waals surface area contributed by atoms with E-state index in [1.165, 1.54) is 24.4 Å². The molecule has 1 aromatic rings. The fourth-order valence-electron chi connectivity index (χ4n) is 1.15. The molecule has 1 atom stereocenters. The molecule has 20 heavy (non-hydrogen) atoms. The van der Waals surface area contributed by atoms with Crippen LogP contribution in [0, 0.1) is 28.1 Å². The van der Waals surface area contributed by atoms with Crippen molar-refractivity contribution in [3.05, 3.63) is 29.8 Å². The number of halogens is 3. The van der Waals surface area contributed by atoms with Gasteiger partial charge in [0.1, 0.15) is 17.5 Å². The Balaban J connectivity index is 2.78. The van der Waals surface area contributed by atoms with E-state index in [0.717, 1.165) is 12.1 Å². The van der Waals surface area contributed by atoms with Gasteiger partial charge in [-0.1, -0.05) is 0 Å². The van der Waals surface area contributed by atoms with Crippen molar-refractivity contribution in [2.24, 2.45) is 4.99 Å². The van der Waals surface area contributed by atoms with Gasteiger partial charge in [0.15, 0.2) is 6.04 Å². The molecule has 1 aromatic carbocycles. The van der Waals surface area contributed by atoms with Gasteiger partial charge in [-0.05, 0) is 29.8 Å². The summed E-state index contributed by atoms with van der Waals surface area (Å²) in [6, 6.07) is 6.69. The average molecular weight is 280 g/mol. The van der Waals surface area contributed by atoms with Crippen LogP contribution in [-0.4, -0.2) is 24.3 Å². The van der Waals surface area contributed by atoms with Crippen molar-refractivity contribution in [3.63, 3.8) is 0 Å². The molecule has 0 amide bonds. The number of nitriles is 2. The van der Waals surface area contributed by atoms with Gasteiger partial charge in [0.05, 0.1) is 6.07 Å². The first kappa shape index (κ1) is 15.2. The molecular weight excluding hydrogens is 273 g/mol. The summed E-state index contributed by atoms with van der Waals surface area (Å²) >= 11 is 0. The van der Waals surface area contributed by atoms with Crippen molar-refractivity contribution >= 4 is 11.9 Å².